The molecule has 0 radical (unpaired) electrons. The zero-order valence-electron chi connectivity index (χ0n) is 12.2. The molecule has 98 valence electrons. The van der Waals surface area contributed by atoms with Gasteiger partial charge in [0.05, 0.1) is 0 Å². The molecule has 0 bridgehead atoms. The summed E-state index contributed by atoms with van der Waals surface area (Å²) >= 11 is 0. The topological polar surface area (TPSA) is 29.3 Å². The summed E-state index contributed by atoms with van der Waals surface area (Å²) in [6.07, 6.45) is 3.91. The van der Waals surface area contributed by atoms with Crippen LogP contribution in [0.5, 0.6) is 0 Å². The zero-order chi connectivity index (χ0) is 12.8. The van der Waals surface area contributed by atoms with Gasteiger partial charge in [-0.2, -0.15) is 0 Å². The van der Waals surface area contributed by atoms with Gasteiger partial charge in [-0.05, 0) is 32.2 Å². The van der Waals surface area contributed by atoms with Crippen LogP contribution in [-0.2, 0) is 0 Å². The Bertz CT molecular complexity index is 170. The molecule has 0 spiro atoms. The Balaban J connectivity index is 4.12. The third-order valence-corrected chi connectivity index (χ3v) is 3.32. The maximum Gasteiger partial charge on any atom is 0.0217 e. The van der Waals surface area contributed by atoms with Gasteiger partial charge >= 0.3 is 0 Å². The number of unbranched alkanes of at least 4 members (excludes halogenated alkanes) is 2. The van der Waals surface area contributed by atoms with Crippen LogP contribution in [0.25, 0.3) is 0 Å². The van der Waals surface area contributed by atoms with Crippen molar-refractivity contribution in [3.05, 3.63) is 0 Å². The summed E-state index contributed by atoms with van der Waals surface area (Å²) in [5, 5.41) is 0. The second-order valence-electron chi connectivity index (χ2n) is 6.27. The SMILES string of the molecule is CCCCCN(CC(N)C(C)(C)C)C(C)C. The lowest BCUT2D eigenvalue weighted by atomic mass is 9.87. The summed E-state index contributed by atoms with van der Waals surface area (Å²) < 4.78 is 0. The van der Waals surface area contributed by atoms with Crippen LogP contribution in [0, 0.1) is 5.41 Å². The molecular weight excluding hydrogens is 196 g/mol. The summed E-state index contributed by atoms with van der Waals surface area (Å²) in [7, 11) is 0. The Labute approximate surface area is 103 Å². The summed E-state index contributed by atoms with van der Waals surface area (Å²) in [5.41, 5.74) is 6.46. The molecule has 1 atom stereocenters. The minimum absolute atomic E-state index is 0.206. The van der Waals surface area contributed by atoms with E-state index in [1.165, 1.54) is 25.8 Å². The van der Waals surface area contributed by atoms with E-state index in [9.17, 15) is 0 Å². The van der Waals surface area contributed by atoms with Crippen LogP contribution in [0.4, 0.5) is 0 Å². The van der Waals surface area contributed by atoms with Crippen molar-refractivity contribution in [2.75, 3.05) is 13.1 Å². The van der Waals surface area contributed by atoms with Crippen molar-refractivity contribution in [3.8, 4) is 0 Å². The van der Waals surface area contributed by atoms with Crippen molar-refractivity contribution in [1.82, 2.24) is 4.90 Å². The molecule has 2 N–H and O–H groups in total. The van der Waals surface area contributed by atoms with Gasteiger partial charge in [0.15, 0.2) is 0 Å². The van der Waals surface area contributed by atoms with Gasteiger partial charge < -0.3 is 5.73 Å². The quantitative estimate of drug-likeness (QED) is 0.678. The fourth-order valence-electron chi connectivity index (χ4n) is 1.65. The smallest absolute Gasteiger partial charge is 0.0217 e. The first-order chi connectivity index (χ1) is 7.29. The van der Waals surface area contributed by atoms with Gasteiger partial charge in [0.25, 0.3) is 0 Å². The molecule has 0 aromatic rings. The molecule has 0 aromatic heterocycles. The van der Waals surface area contributed by atoms with Gasteiger partial charge in [-0.15, -0.1) is 0 Å². The van der Waals surface area contributed by atoms with Gasteiger partial charge in [-0.1, -0.05) is 40.5 Å². The van der Waals surface area contributed by atoms with E-state index >= 15 is 0 Å². The first kappa shape index (κ1) is 15.9. The standard InChI is InChI=1S/C14H32N2/c1-7-8-9-10-16(12(2)3)11-13(15)14(4,5)6/h12-13H,7-11,15H2,1-6H3. The lowest BCUT2D eigenvalue weighted by Crippen LogP contribution is -2.47. The van der Waals surface area contributed by atoms with E-state index < -0.39 is 0 Å². The maximum absolute atomic E-state index is 6.25. The number of nitrogens with two attached hydrogens (primary N) is 1. The molecular formula is C14H32N2. The van der Waals surface area contributed by atoms with Crippen molar-refractivity contribution in [2.45, 2.75) is 72.9 Å². The molecule has 0 saturated heterocycles. The molecule has 0 rings (SSSR count). The molecule has 0 aromatic carbocycles. The van der Waals surface area contributed by atoms with Crippen LogP contribution in [0.2, 0.25) is 0 Å². The van der Waals surface area contributed by atoms with Crippen LogP contribution in [0.15, 0.2) is 0 Å². The van der Waals surface area contributed by atoms with E-state index in [1.807, 2.05) is 0 Å². The Morgan fingerprint density at radius 2 is 1.69 bits per heavy atom. The third-order valence-electron chi connectivity index (χ3n) is 3.32. The Morgan fingerprint density at radius 3 is 2.06 bits per heavy atom. The summed E-state index contributed by atoms with van der Waals surface area (Å²) in [6, 6.07) is 0.863. The average molecular weight is 228 g/mol. The molecule has 2 heteroatoms. The third kappa shape index (κ3) is 6.49. The van der Waals surface area contributed by atoms with Crippen LogP contribution in [-0.4, -0.2) is 30.1 Å². The Morgan fingerprint density at radius 1 is 1.12 bits per heavy atom. The number of nitrogens with zero attached hydrogens (tertiary/aromatic N) is 1. The van der Waals surface area contributed by atoms with Crippen LogP contribution >= 0.6 is 0 Å². The Kier molecular flexibility index (Phi) is 7.25. The van der Waals surface area contributed by atoms with E-state index in [0.29, 0.717) is 6.04 Å². The first-order valence-corrected chi connectivity index (χ1v) is 6.78. The van der Waals surface area contributed by atoms with Crippen LogP contribution in [0.1, 0.15) is 60.8 Å². The highest BCUT2D eigenvalue weighted by molar-refractivity contribution is 4.81. The minimum atomic E-state index is 0.206. The highest BCUT2D eigenvalue weighted by Gasteiger charge is 2.23. The van der Waals surface area contributed by atoms with Gasteiger partial charge in [0.2, 0.25) is 0 Å². The fraction of sp³-hybridized carbons (Fsp3) is 1.00. The predicted molar refractivity (Wildman–Crippen MR) is 73.7 cm³/mol. The van der Waals surface area contributed by atoms with E-state index in [2.05, 4.69) is 46.4 Å². The van der Waals surface area contributed by atoms with E-state index in [-0.39, 0.29) is 11.5 Å². The van der Waals surface area contributed by atoms with E-state index in [1.54, 1.807) is 0 Å². The second kappa shape index (κ2) is 7.29. The van der Waals surface area contributed by atoms with E-state index in [4.69, 9.17) is 5.73 Å². The first-order valence-electron chi connectivity index (χ1n) is 6.78. The summed E-state index contributed by atoms with van der Waals surface area (Å²) in [6.45, 7) is 15.7. The second-order valence-corrected chi connectivity index (χ2v) is 6.27. The molecule has 0 heterocycles. The van der Waals surface area contributed by atoms with E-state index in [0.717, 1.165) is 6.54 Å². The Hall–Kier alpha value is -0.0800. The molecule has 0 aliphatic carbocycles. The fourth-order valence-corrected chi connectivity index (χ4v) is 1.65. The summed E-state index contributed by atoms with van der Waals surface area (Å²) in [4.78, 5) is 2.52. The molecule has 0 aliphatic heterocycles. The highest BCUT2D eigenvalue weighted by Crippen LogP contribution is 2.19. The number of rotatable bonds is 7. The van der Waals surface area contributed by atoms with Crippen LogP contribution in [0.3, 0.4) is 0 Å². The molecule has 0 amide bonds. The van der Waals surface area contributed by atoms with Gasteiger partial charge in [0, 0.05) is 18.6 Å². The summed E-state index contributed by atoms with van der Waals surface area (Å²) in [5.74, 6) is 0. The van der Waals surface area contributed by atoms with Crippen molar-refractivity contribution >= 4 is 0 Å². The molecule has 0 aliphatic rings. The largest absolute Gasteiger partial charge is 0.326 e. The van der Waals surface area contributed by atoms with Gasteiger partial charge in [0.1, 0.15) is 0 Å². The number of hydrogen-bond donors (Lipinski definition) is 1. The lowest BCUT2D eigenvalue weighted by molar-refractivity contribution is 0.164. The van der Waals surface area contributed by atoms with Crippen molar-refractivity contribution in [3.63, 3.8) is 0 Å². The lowest BCUT2D eigenvalue weighted by Gasteiger charge is -2.35. The van der Waals surface area contributed by atoms with Crippen molar-refractivity contribution < 1.29 is 0 Å². The van der Waals surface area contributed by atoms with Crippen LogP contribution < -0.4 is 5.73 Å². The normalized spacial score (nSPS) is 14.8. The molecule has 0 saturated carbocycles. The van der Waals surface area contributed by atoms with Gasteiger partial charge in [-0.25, -0.2) is 0 Å². The van der Waals surface area contributed by atoms with Crippen molar-refractivity contribution in [2.24, 2.45) is 11.1 Å². The average Bonchev–Trinajstić information content (AvgIpc) is 2.14. The predicted octanol–water partition coefficient (Wildman–Crippen LogP) is 3.26. The van der Waals surface area contributed by atoms with Gasteiger partial charge in [-0.3, -0.25) is 4.90 Å². The van der Waals surface area contributed by atoms with Crippen molar-refractivity contribution in [1.29, 1.82) is 0 Å². The zero-order valence-corrected chi connectivity index (χ0v) is 12.2. The molecule has 16 heavy (non-hydrogen) atoms. The molecule has 0 fully saturated rings. The monoisotopic (exact) mass is 228 g/mol. The highest BCUT2D eigenvalue weighted by atomic mass is 15.2. The minimum Gasteiger partial charge on any atom is -0.326 e. The maximum atomic E-state index is 6.25. The molecule has 1 unspecified atom stereocenters. The number of hydrogen-bond acceptors (Lipinski definition) is 2. The molecule has 2 nitrogen and oxygen atoms in total.